The van der Waals surface area contributed by atoms with Crippen LogP contribution in [0.2, 0.25) is 0 Å². The van der Waals surface area contributed by atoms with Gasteiger partial charge in [0.25, 0.3) is 0 Å². The molecule has 0 saturated carbocycles. The van der Waals surface area contributed by atoms with Crippen molar-refractivity contribution in [1.82, 2.24) is 0 Å². The first-order chi connectivity index (χ1) is 7.49. The van der Waals surface area contributed by atoms with E-state index >= 15 is 0 Å². The molecular formula is C12H18N2O2. The van der Waals surface area contributed by atoms with Gasteiger partial charge in [0, 0.05) is 12.6 Å². The van der Waals surface area contributed by atoms with Gasteiger partial charge >= 0.3 is 5.97 Å². The number of anilines is 2. The van der Waals surface area contributed by atoms with Gasteiger partial charge in [-0.25, -0.2) is 4.79 Å². The third-order valence-electron chi connectivity index (χ3n) is 2.55. The van der Waals surface area contributed by atoms with Gasteiger partial charge < -0.3 is 15.7 Å². The van der Waals surface area contributed by atoms with Crippen molar-refractivity contribution in [2.75, 3.05) is 17.2 Å². The zero-order valence-corrected chi connectivity index (χ0v) is 9.90. The number of benzene rings is 1. The van der Waals surface area contributed by atoms with E-state index in [0.29, 0.717) is 11.4 Å². The highest BCUT2D eigenvalue weighted by molar-refractivity contribution is 5.98. The number of hydrogen-bond donors (Lipinski definition) is 2. The van der Waals surface area contributed by atoms with Crippen LogP contribution < -0.4 is 10.6 Å². The molecule has 1 aromatic carbocycles. The minimum atomic E-state index is -0.943. The Kier molecular flexibility index (Phi) is 3.77. The molecule has 0 aliphatic rings. The Labute approximate surface area is 95.7 Å². The van der Waals surface area contributed by atoms with Gasteiger partial charge in [0.2, 0.25) is 0 Å². The molecule has 16 heavy (non-hydrogen) atoms. The molecule has 3 N–H and O–H groups in total. The number of hydrogen-bond acceptors (Lipinski definition) is 3. The van der Waals surface area contributed by atoms with Gasteiger partial charge in [0.1, 0.15) is 0 Å². The lowest BCUT2D eigenvalue weighted by Crippen LogP contribution is -2.32. The number of nitrogens with two attached hydrogens (primary N) is 1. The maximum Gasteiger partial charge on any atom is 0.337 e. The molecule has 0 aromatic heterocycles. The van der Waals surface area contributed by atoms with Crippen molar-refractivity contribution in [3.8, 4) is 0 Å². The average Bonchev–Trinajstić information content (AvgIpc) is 2.20. The Morgan fingerprint density at radius 2 is 2.12 bits per heavy atom. The van der Waals surface area contributed by atoms with Gasteiger partial charge in [-0.1, -0.05) is 6.07 Å². The lowest BCUT2D eigenvalue weighted by Gasteiger charge is -2.30. The Balaban J connectivity index is 3.34. The summed E-state index contributed by atoms with van der Waals surface area (Å²) >= 11 is 0. The average molecular weight is 222 g/mol. The summed E-state index contributed by atoms with van der Waals surface area (Å²) in [6.07, 6.45) is 0. The molecule has 0 saturated heterocycles. The van der Waals surface area contributed by atoms with E-state index in [1.54, 1.807) is 18.2 Å². The van der Waals surface area contributed by atoms with E-state index in [4.69, 9.17) is 10.8 Å². The third-order valence-corrected chi connectivity index (χ3v) is 2.55. The maximum atomic E-state index is 11.1. The smallest absolute Gasteiger partial charge is 0.337 e. The summed E-state index contributed by atoms with van der Waals surface area (Å²) in [4.78, 5) is 13.1. The lowest BCUT2D eigenvalue weighted by atomic mass is 10.1. The van der Waals surface area contributed by atoms with Crippen molar-refractivity contribution in [3.05, 3.63) is 23.8 Å². The molecule has 0 bridgehead atoms. The predicted octanol–water partition coefficient (Wildman–Crippen LogP) is 2.20. The van der Waals surface area contributed by atoms with Crippen LogP contribution in [0.25, 0.3) is 0 Å². The van der Waals surface area contributed by atoms with E-state index in [9.17, 15) is 4.79 Å². The zero-order valence-electron chi connectivity index (χ0n) is 9.90. The van der Waals surface area contributed by atoms with Crippen LogP contribution in [0.1, 0.15) is 31.1 Å². The van der Waals surface area contributed by atoms with Crippen molar-refractivity contribution in [1.29, 1.82) is 0 Å². The second-order valence-electron chi connectivity index (χ2n) is 3.93. The largest absolute Gasteiger partial charge is 0.478 e. The highest BCUT2D eigenvalue weighted by atomic mass is 16.4. The number of carboxylic acid groups (broad SMARTS) is 1. The number of para-hydroxylation sites is 1. The van der Waals surface area contributed by atoms with Crippen LogP contribution in [0.4, 0.5) is 11.4 Å². The molecule has 0 radical (unpaired) electrons. The summed E-state index contributed by atoms with van der Waals surface area (Å²) in [5.74, 6) is -0.943. The number of nitrogens with zero attached hydrogens (tertiary/aromatic N) is 1. The highest BCUT2D eigenvalue weighted by Crippen LogP contribution is 2.29. The molecule has 88 valence electrons. The molecule has 0 fully saturated rings. The summed E-state index contributed by atoms with van der Waals surface area (Å²) < 4.78 is 0. The molecule has 0 unspecified atom stereocenters. The first kappa shape index (κ1) is 12.4. The molecule has 0 aliphatic carbocycles. The second kappa shape index (κ2) is 4.88. The van der Waals surface area contributed by atoms with Crippen LogP contribution >= 0.6 is 0 Å². The molecular weight excluding hydrogens is 204 g/mol. The Bertz CT molecular complexity index is 389. The Morgan fingerprint density at radius 3 is 2.56 bits per heavy atom. The molecule has 1 aromatic rings. The molecule has 4 nitrogen and oxygen atoms in total. The van der Waals surface area contributed by atoms with Gasteiger partial charge in [0.15, 0.2) is 0 Å². The van der Waals surface area contributed by atoms with E-state index in [-0.39, 0.29) is 11.6 Å². The summed E-state index contributed by atoms with van der Waals surface area (Å²) in [7, 11) is 0. The Morgan fingerprint density at radius 1 is 1.50 bits per heavy atom. The van der Waals surface area contributed by atoms with Gasteiger partial charge in [0.05, 0.1) is 16.9 Å². The van der Waals surface area contributed by atoms with Crippen molar-refractivity contribution in [2.45, 2.75) is 26.8 Å². The van der Waals surface area contributed by atoms with E-state index < -0.39 is 5.97 Å². The van der Waals surface area contributed by atoms with Crippen LogP contribution in [0.15, 0.2) is 18.2 Å². The first-order valence-corrected chi connectivity index (χ1v) is 5.37. The van der Waals surface area contributed by atoms with Crippen molar-refractivity contribution < 1.29 is 9.90 Å². The summed E-state index contributed by atoms with van der Waals surface area (Å²) in [5.41, 5.74) is 7.26. The quantitative estimate of drug-likeness (QED) is 0.766. The number of nitrogen functional groups attached to an aromatic ring is 1. The van der Waals surface area contributed by atoms with E-state index in [0.717, 1.165) is 6.54 Å². The number of carbonyl (C=O) groups is 1. The molecule has 4 heteroatoms. The van der Waals surface area contributed by atoms with Crippen molar-refractivity contribution in [2.24, 2.45) is 0 Å². The first-order valence-electron chi connectivity index (χ1n) is 5.37. The maximum absolute atomic E-state index is 11.1. The van der Waals surface area contributed by atoms with Crippen molar-refractivity contribution >= 4 is 17.3 Å². The fourth-order valence-electron chi connectivity index (χ4n) is 1.84. The minimum absolute atomic E-state index is 0.216. The molecule has 0 heterocycles. The van der Waals surface area contributed by atoms with Crippen molar-refractivity contribution in [3.63, 3.8) is 0 Å². The van der Waals surface area contributed by atoms with Gasteiger partial charge in [-0.05, 0) is 32.9 Å². The van der Waals surface area contributed by atoms with E-state index in [1.165, 1.54) is 0 Å². The second-order valence-corrected chi connectivity index (χ2v) is 3.93. The number of rotatable bonds is 4. The fourth-order valence-corrected chi connectivity index (χ4v) is 1.84. The normalized spacial score (nSPS) is 10.5. The van der Waals surface area contributed by atoms with Gasteiger partial charge in [-0.2, -0.15) is 0 Å². The monoisotopic (exact) mass is 222 g/mol. The summed E-state index contributed by atoms with van der Waals surface area (Å²) in [5, 5.41) is 9.13. The predicted molar refractivity (Wildman–Crippen MR) is 66.0 cm³/mol. The number of carboxylic acids is 1. The van der Waals surface area contributed by atoms with Gasteiger partial charge in [-0.15, -0.1) is 0 Å². The van der Waals surface area contributed by atoms with Crippen LogP contribution in [-0.2, 0) is 0 Å². The molecule has 0 aliphatic heterocycles. The standard InChI is InChI=1S/C12H18N2O2/c1-4-14(8(2)3)11-9(12(15)16)6-5-7-10(11)13/h5-8H,4,13H2,1-3H3,(H,15,16). The van der Waals surface area contributed by atoms with Crippen LogP contribution in [0.5, 0.6) is 0 Å². The minimum Gasteiger partial charge on any atom is -0.478 e. The fraction of sp³-hybridized carbons (Fsp3) is 0.417. The molecule has 0 amide bonds. The number of aromatic carboxylic acids is 1. The van der Waals surface area contributed by atoms with Crippen LogP contribution in [-0.4, -0.2) is 23.7 Å². The molecule has 0 spiro atoms. The van der Waals surface area contributed by atoms with E-state index in [2.05, 4.69) is 0 Å². The SMILES string of the molecule is CCN(c1c(N)cccc1C(=O)O)C(C)C. The molecule has 0 atom stereocenters. The van der Waals surface area contributed by atoms with Gasteiger partial charge in [-0.3, -0.25) is 0 Å². The van der Waals surface area contributed by atoms with Crippen LogP contribution in [0, 0.1) is 0 Å². The van der Waals surface area contributed by atoms with E-state index in [1.807, 2.05) is 25.7 Å². The summed E-state index contributed by atoms with van der Waals surface area (Å²) in [6, 6.07) is 5.19. The molecule has 1 rings (SSSR count). The zero-order chi connectivity index (χ0) is 12.3. The topological polar surface area (TPSA) is 66.6 Å². The third kappa shape index (κ3) is 2.27. The van der Waals surface area contributed by atoms with Crippen LogP contribution in [0.3, 0.4) is 0 Å². The summed E-state index contributed by atoms with van der Waals surface area (Å²) in [6.45, 7) is 6.74. The lowest BCUT2D eigenvalue weighted by molar-refractivity contribution is 0.0697. The highest BCUT2D eigenvalue weighted by Gasteiger charge is 2.19. The Hall–Kier alpha value is -1.71.